The third-order valence-electron chi connectivity index (χ3n) is 1.55. The summed E-state index contributed by atoms with van der Waals surface area (Å²) in [6.45, 7) is -0.0767. The van der Waals surface area contributed by atoms with E-state index in [9.17, 15) is 8.78 Å². The van der Waals surface area contributed by atoms with Gasteiger partial charge in [-0.2, -0.15) is 0 Å². The van der Waals surface area contributed by atoms with Gasteiger partial charge in [-0.1, -0.05) is 0 Å². The normalized spacial score (nSPS) is 10.6. The zero-order valence-electron chi connectivity index (χ0n) is 7.41. The van der Waals surface area contributed by atoms with Crippen LogP contribution in [0.2, 0.25) is 0 Å². The predicted molar refractivity (Wildman–Crippen MR) is 51.0 cm³/mol. The van der Waals surface area contributed by atoms with Gasteiger partial charge in [0.2, 0.25) is 5.95 Å². The molecule has 0 amide bonds. The van der Waals surface area contributed by atoms with Crippen molar-refractivity contribution in [3.8, 4) is 0 Å². The molecule has 0 radical (unpaired) electrons. The van der Waals surface area contributed by atoms with Crippen molar-refractivity contribution in [1.29, 1.82) is 0 Å². The van der Waals surface area contributed by atoms with Gasteiger partial charge in [0.25, 0.3) is 6.43 Å². The summed E-state index contributed by atoms with van der Waals surface area (Å²) in [7, 11) is 0. The fourth-order valence-electron chi connectivity index (χ4n) is 0.996. The first-order valence-corrected chi connectivity index (χ1v) is 4.63. The second-order valence-corrected chi connectivity index (χ2v) is 2.95. The fourth-order valence-corrected chi connectivity index (χ4v) is 1.20. The van der Waals surface area contributed by atoms with Crippen molar-refractivity contribution in [3.05, 3.63) is 18.5 Å². The van der Waals surface area contributed by atoms with Crippen LogP contribution in [-0.4, -0.2) is 35.4 Å². The number of nitrogens with zero attached hydrogens (tertiary/aromatic N) is 3. The number of halogens is 3. The van der Waals surface area contributed by atoms with Crippen LogP contribution in [0, 0.1) is 0 Å². The maximum Gasteiger partial charge on any atom is 0.255 e. The highest BCUT2D eigenvalue weighted by atomic mass is 35.5. The number of anilines is 1. The summed E-state index contributed by atoms with van der Waals surface area (Å²) < 4.78 is 24.3. The van der Waals surface area contributed by atoms with Gasteiger partial charge in [0.15, 0.2) is 0 Å². The lowest BCUT2D eigenvalue weighted by molar-refractivity contribution is 0.154. The van der Waals surface area contributed by atoms with Gasteiger partial charge >= 0.3 is 0 Å². The van der Waals surface area contributed by atoms with Crippen LogP contribution in [0.1, 0.15) is 0 Å². The van der Waals surface area contributed by atoms with Gasteiger partial charge < -0.3 is 4.90 Å². The molecule has 0 saturated heterocycles. The van der Waals surface area contributed by atoms with E-state index in [4.69, 9.17) is 11.6 Å². The van der Waals surface area contributed by atoms with Crippen molar-refractivity contribution in [2.45, 2.75) is 6.43 Å². The van der Waals surface area contributed by atoms with E-state index in [0.29, 0.717) is 6.54 Å². The van der Waals surface area contributed by atoms with Crippen molar-refractivity contribution in [2.75, 3.05) is 23.9 Å². The van der Waals surface area contributed by atoms with Gasteiger partial charge in [0.1, 0.15) is 0 Å². The molecule has 78 valence electrons. The molecule has 0 aromatic carbocycles. The second kappa shape index (κ2) is 5.70. The maximum absolute atomic E-state index is 12.2. The maximum atomic E-state index is 12.2. The summed E-state index contributed by atoms with van der Waals surface area (Å²) in [4.78, 5) is 9.11. The van der Waals surface area contributed by atoms with Crippen molar-refractivity contribution in [2.24, 2.45) is 0 Å². The molecule has 0 atom stereocenters. The molecule has 0 spiro atoms. The Morgan fingerprint density at radius 3 is 2.50 bits per heavy atom. The average Bonchev–Trinajstić information content (AvgIpc) is 2.18. The molecule has 6 heteroatoms. The highest BCUT2D eigenvalue weighted by Gasteiger charge is 2.13. The van der Waals surface area contributed by atoms with E-state index in [1.54, 1.807) is 6.07 Å². The van der Waals surface area contributed by atoms with E-state index >= 15 is 0 Å². The van der Waals surface area contributed by atoms with Gasteiger partial charge in [-0.15, -0.1) is 11.6 Å². The average molecular weight is 222 g/mol. The molecule has 1 aromatic rings. The van der Waals surface area contributed by atoms with Gasteiger partial charge in [-0.3, -0.25) is 0 Å². The fraction of sp³-hybridized carbons (Fsp3) is 0.500. The minimum absolute atomic E-state index is 0.269. The van der Waals surface area contributed by atoms with E-state index in [0.717, 1.165) is 0 Å². The third kappa shape index (κ3) is 3.41. The van der Waals surface area contributed by atoms with Gasteiger partial charge in [-0.25, -0.2) is 18.7 Å². The van der Waals surface area contributed by atoms with Crippen molar-refractivity contribution in [3.63, 3.8) is 0 Å². The number of hydrogen-bond acceptors (Lipinski definition) is 3. The molecule has 0 unspecified atom stereocenters. The quantitative estimate of drug-likeness (QED) is 0.710. The van der Waals surface area contributed by atoms with Crippen molar-refractivity contribution >= 4 is 17.5 Å². The SMILES string of the molecule is FC(F)CN(CCCl)c1ncccn1. The Morgan fingerprint density at radius 2 is 2.00 bits per heavy atom. The molecule has 1 aromatic heterocycles. The largest absolute Gasteiger partial charge is 0.334 e. The molecular weight excluding hydrogens is 212 g/mol. The van der Waals surface area contributed by atoms with E-state index < -0.39 is 13.0 Å². The third-order valence-corrected chi connectivity index (χ3v) is 1.72. The molecule has 0 aliphatic heterocycles. The predicted octanol–water partition coefficient (Wildman–Crippen LogP) is 1.79. The summed E-state index contributed by atoms with van der Waals surface area (Å²) in [5, 5.41) is 0. The zero-order valence-corrected chi connectivity index (χ0v) is 8.16. The Morgan fingerprint density at radius 1 is 1.36 bits per heavy atom. The first-order chi connectivity index (χ1) is 6.74. The summed E-state index contributed by atoms with van der Waals surface area (Å²) >= 11 is 5.49. The van der Waals surface area contributed by atoms with E-state index in [-0.39, 0.29) is 11.8 Å². The summed E-state index contributed by atoms with van der Waals surface area (Å²) in [5.74, 6) is 0.554. The molecule has 0 N–H and O–H groups in total. The molecule has 0 aliphatic carbocycles. The number of rotatable bonds is 5. The van der Waals surface area contributed by atoms with Crippen molar-refractivity contribution < 1.29 is 8.78 Å². The Bertz CT molecular complexity index is 258. The second-order valence-electron chi connectivity index (χ2n) is 2.57. The van der Waals surface area contributed by atoms with Gasteiger partial charge in [0, 0.05) is 24.8 Å². The number of hydrogen-bond donors (Lipinski definition) is 0. The molecule has 0 fully saturated rings. The Kier molecular flexibility index (Phi) is 4.52. The molecule has 0 aliphatic rings. The van der Waals surface area contributed by atoms with Gasteiger partial charge in [0.05, 0.1) is 6.54 Å². The lowest BCUT2D eigenvalue weighted by Gasteiger charge is -2.20. The minimum Gasteiger partial charge on any atom is -0.334 e. The zero-order chi connectivity index (χ0) is 10.4. The first kappa shape index (κ1) is 11.1. The molecule has 0 saturated carbocycles. The first-order valence-electron chi connectivity index (χ1n) is 4.10. The lowest BCUT2D eigenvalue weighted by atomic mass is 10.5. The summed E-state index contributed by atoms with van der Waals surface area (Å²) in [6.07, 6.45) is 0.603. The standard InChI is InChI=1S/C8H10ClF2N3/c9-2-5-14(6-7(10)11)8-12-3-1-4-13-8/h1,3-4,7H,2,5-6H2. The molecule has 3 nitrogen and oxygen atoms in total. The molecule has 1 heterocycles. The molecule has 1 rings (SSSR count). The van der Waals surface area contributed by atoms with Crippen LogP contribution in [0.25, 0.3) is 0 Å². The Labute approximate surface area is 85.7 Å². The summed E-state index contributed by atoms with van der Waals surface area (Å²) in [5.41, 5.74) is 0. The van der Waals surface area contributed by atoms with Gasteiger partial charge in [-0.05, 0) is 6.07 Å². The van der Waals surface area contributed by atoms with Crippen LogP contribution < -0.4 is 4.90 Å². The van der Waals surface area contributed by atoms with Crippen LogP contribution in [0.4, 0.5) is 14.7 Å². The van der Waals surface area contributed by atoms with Crippen molar-refractivity contribution in [1.82, 2.24) is 9.97 Å². The summed E-state index contributed by atoms with van der Waals surface area (Å²) in [6, 6.07) is 1.63. The van der Waals surface area contributed by atoms with Crippen LogP contribution in [0.3, 0.4) is 0 Å². The molecule has 0 bridgehead atoms. The Hall–Kier alpha value is -0.970. The van der Waals surface area contributed by atoms with E-state index in [2.05, 4.69) is 9.97 Å². The number of alkyl halides is 3. The topological polar surface area (TPSA) is 29.0 Å². The van der Waals surface area contributed by atoms with Crippen LogP contribution in [-0.2, 0) is 0 Å². The minimum atomic E-state index is -2.41. The lowest BCUT2D eigenvalue weighted by Crippen LogP contribution is -2.32. The highest BCUT2D eigenvalue weighted by Crippen LogP contribution is 2.07. The number of aromatic nitrogens is 2. The smallest absolute Gasteiger partial charge is 0.255 e. The molecule has 14 heavy (non-hydrogen) atoms. The van der Waals surface area contributed by atoms with Crippen LogP contribution in [0.5, 0.6) is 0 Å². The monoisotopic (exact) mass is 221 g/mol. The van der Waals surface area contributed by atoms with E-state index in [1.165, 1.54) is 17.3 Å². The Balaban J connectivity index is 2.67. The highest BCUT2D eigenvalue weighted by molar-refractivity contribution is 6.18. The molecular formula is C8H10ClF2N3. The van der Waals surface area contributed by atoms with E-state index in [1.807, 2.05) is 0 Å². The van der Waals surface area contributed by atoms with Crippen LogP contribution in [0.15, 0.2) is 18.5 Å². The van der Waals surface area contributed by atoms with Crippen LogP contribution >= 0.6 is 11.6 Å².